The van der Waals surface area contributed by atoms with Gasteiger partial charge in [0.2, 0.25) is 0 Å². The van der Waals surface area contributed by atoms with Crippen molar-refractivity contribution in [3.63, 3.8) is 0 Å². The molecular weight excluding hydrogens is 288 g/mol. The second-order valence-corrected chi connectivity index (χ2v) is 4.90. The van der Waals surface area contributed by atoms with Gasteiger partial charge in [-0.25, -0.2) is 0 Å². The van der Waals surface area contributed by atoms with E-state index in [2.05, 4.69) is 0 Å². The number of methoxy groups -OCH3 is 1. The first kappa shape index (κ1) is 15.3. The maximum atomic E-state index is 12.2. The van der Waals surface area contributed by atoms with Crippen LogP contribution in [0.3, 0.4) is 0 Å². The number of ether oxygens (including phenoxy) is 1. The van der Waals surface area contributed by atoms with Crippen molar-refractivity contribution in [3.8, 4) is 5.75 Å². The van der Waals surface area contributed by atoms with Crippen molar-refractivity contribution < 1.29 is 14.6 Å². The monoisotopic (exact) mass is 302 g/mol. The third-order valence-electron chi connectivity index (χ3n) is 2.92. The van der Waals surface area contributed by atoms with Gasteiger partial charge in [0.15, 0.2) is 5.78 Å². The molecule has 2 aromatic rings. The van der Waals surface area contributed by atoms with E-state index in [1.807, 2.05) is 30.3 Å². The normalized spacial score (nSPS) is 11.0. The van der Waals surface area contributed by atoms with Crippen LogP contribution in [0.2, 0.25) is 5.02 Å². The first-order valence-electron chi connectivity index (χ1n) is 6.39. The van der Waals surface area contributed by atoms with Gasteiger partial charge in [-0.1, -0.05) is 48.0 Å². The zero-order chi connectivity index (χ0) is 15.2. The summed E-state index contributed by atoms with van der Waals surface area (Å²) in [6.07, 6.45) is 3.14. The molecule has 0 fully saturated rings. The van der Waals surface area contributed by atoms with Gasteiger partial charge in [-0.15, -0.1) is 0 Å². The van der Waals surface area contributed by atoms with Gasteiger partial charge in [-0.2, -0.15) is 0 Å². The highest BCUT2D eigenvalue weighted by Crippen LogP contribution is 2.29. The van der Waals surface area contributed by atoms with Crippen molar-refractivity contribution in [1.29, 1.82) is 0 Å². The van der Waals surface area contributed by atoms with Gasteiger partial charge < -0.3 is 9.84 Å². The highest BCUT2D eigenvalue weighted by atomic mass is 35.5. The van der Waals surface area contributed by atoms with Crippen molar-refractivity contribution >= 4 is 23.5 Å². The Labute approximate surface area is 128 Å². The lowest BCUT2D eigenvalue weighted by molar-refractivity contribution is 0.104. The summed E-state index contributed by atoms with van der Waals surface area (Å²) in [7, 11) is 1.54. The third kappa shape index (κ3) is 3.94. The zero-order valence-electron chi connectivity index (χ0n) is 11.5. The van der Waals surface area contributed by atoms with Gasteiger partial charge in [0.25, 0.3) is 0 Å². The fourth-order valence-electron chi connectivity index (χ4n) is 1.92. The molecule has 0 aliphatic carbocycles. The predicted molar refractivity (Wildman–Crippen MR) is 83.6 cm³/mol. The van der Waals surface area contributed by atoms with Crippen molar-refractivity contribution in [2.45, 2.75) is 6.61 Å². The Morgan fingerprint density at radius 2 is 2.00 bits per heavy atom. The molecule has 0 atom stereocenters. The average Bonchev–Trinajstić information content (AvgIpc) is 2.49. The SMILES string of the molecule is COCc1cc(O)c(Cl)c(C(=O)/C=C/c2ccccc2)c1. The first-order chi connectivity index (χ1) is 10.1. The molecule has 0 amide bonds. The van der Waals surface area contributed by atoms with Crippen LogP contribution in [0.1, 0.15) is 21.5 Å². The zero-order valence-corrected chi connectivity index (χ0v) is 12.3. The summed E-state index contributed by atoms with van der Waals surface area (Å²) >= 11 is 6.00. The molecule has 0 saturated carbocycles. The molecule has 0 radical (unpaired) electrons. The molecule has 0 unspecified atom stereocenters. The largest absolute Gasteiger partial charge is 0.506 e. The molecule has 0 saturated heterocycles. The molecule has 0 aliphatic rings. The molecular formula is C17H15ClO3. The van der Waals surface area contributed by atoms with Crippen molar-refractivity contribution in [1.82, 2.24) is 0 Å². The molecule has 0 bridgehead atoms. The maximum absolute atomic E-state index is 12.2. The van der Waals surface area contributed by atoms with Gasteiger partial charge >= 0.3 is 0 Å². The van der Waals surface area contributed by atoms with Crippen molar-refractivity contribution in [2.24, 2.45) is 0 Å². The number of hydrogen-bond donors (Lipinski definition) is 1. The van der Waals surface area contributed by atoms with E-state index in [1.165, 1.54) is 12.1 Å². The second kappa shape index (κ2) is 7.07. The quantitative estimate of drug-likeness (QED) is 0.668. The molecule has 108 valence electrons. The van der Waals surface area contributed by atoms with Gasteiger partial charge in [0.05, 0.1) is 11.6 Å². The summed E-state index contributed by atoms with van der Waals surface area (Å²) in [5.41, 5.74) is 1.87. The summed E-state index contributed by atoms with van der Waals surface area (Å²) in [6.45, 7) is 0.299. The topological polar surface area (TPSA) is 46.5 Å². The number of ketones is 1. The lowest BCUT2D eigenvalue weighted by Crippen LogP contribution is -1.99. The Balaban J connectivity index is 2.28. The van der Waals surface area contributed by atoms with E-state index in [1.54, 1.807) is 19.3 Å². The number of allylic oxidation sites excluding steroid dienone is 1. The summed E-state index contributed by atoms with van der Waals surface area (Å²) in [5, 5.41) is 9.83. The van der Waals surface area contributed by atoms with E-state index in [9.17, 15) is 9.90 Å². The van der Waals surface area contributed by atoms with Crippen LogP contribution in [0, 0.1) is 0 Å². The Kier molecular flexibility index (Phi) is 5.14. The smallest absolute Gasteiger partial charge is 0.187 e. The number of phenols is 1. The minimum atomic E-state index is -0.267. The van der Waals surface area contributed by atoms with Crippen LogP contribution < -0.4 is 0 Å². The fourth-order valence-corrected chi connectivity index (χ4v) is 2.12. The lowest BCUT2D eigenvalue weighted by Gasteiger charge is -2.07. The second-order valence-electron chi connectivity index (χ2n) is 4.52. The van der Waals surface area contributed by atoms with E-state index < -0.39 is 0 Å². The van der Waals surface area contributed by atoms with E-state index in [4.69, 9.17) is 16.3 Å². The number of halogens is 1. The van der Waals surface area contributed by atoms with Crippen molar-refractivity contribution in [3.05, 3.63) is 70.3 Å². The van der Waals surface area contributed by atoms with Crippen LogP contribution in [0.4, 0.5) is 0 Å². The molecule has 0 spiro atoms. The molecule has 3 nitrogen and oxygen atoms in total. The predicted octanol–water partition coefficient (Wildman–Crippen LogP) is 4.09. The fraction of sp³-hybridized carbons (Fsp3) is 0.118. The number of aromatic hydroxyl groups is 1. The van der Waals surface area contributed by atoms with E-state index in [0.29, 0.717) is 12.2 Å². The van der Waals surface area contributed by atoms with E-state index in [-0.39, 0.29) is 22.1 Å². The minimum Gasteiger partial charge on any atom is -0.506 e. The molecule has 0 heterocycles. The van der Waals surface area contributed by atoms with Crippen molar-refractivity contribution in [2.75, 3.05) is 7.11 Å². The minimum absolute atomic E-state index is 0.0533. The third-order valence-corrected chi connectivity index (χ3v) is 3.31. The summed E-state index contributed by atoms with van der Waals surface area (Å²) in [4.78, 5) is 12.2. The average molecular weight is 303 g/mol. The van der Waals surface area contributed by atoms with Gasteiger partial charge in [-0.05, 0) is 29.3 Å². The molecule has 4 heteroatoms. The number of benzene rings is 2. The molecule has 0 aromatic heterocycles. The number of phenolic OH excluding ortho intramolecular Hbond substituents is 1. The summed E-state index contributed by atoms with van der Waals surface area (Å²) < 4.78 is 5.00. The highest BCUT2D eigenvalue weighted by Gasteiger charge is 2.13. The Hall–Kier alpha value is -2.10. The standard InChI is InChI=1S/C17H15ClO3/c1-21-11-13-9-14(17(18)16(20)10-13)15(19)8-7-12-5-3-2-4-6-12/h2-10,20H,11H2,1H3/b8-7+. The number of carbonyl (C=O) groups excluding carboxylic acids is 1. The molecule has 1 N–H and O–H groups in total. The van der Waals surface area contributed by atoms with Gasteiger partial charge in [0.1, 0.15) is 5.75 Å². The van der Waals surface area contributed by atoms with Gasteiger partial charge in [0, 0.05) is 12.7 Å². The van der Waals surface area contributed by atoms with Crippen LogP contribution in [0.5, 0.6) is 5.75 Å². The highest BCUT2D eigenvalue weighted by molar-refractivity contribution is 6.36. The van der Waals surface area contributed by atoms with Crippen LogP contribution in [-0.4, -0.2) is 18.0 Å². The molecule has 21 heavy (non-hydrogen) atoms. The lowest BCUT2D eigenvalue weighted by atomic mass is 10.1. The van der Waals surface area contributed by atoms with Crippen LogP contribution >= 0.6 is 11.6 Å². The van der Waals surface area contributed by atoms with Gasteiger partial charge in [-0.3, -0.25) is 4.79 Å². The number of rotatable bonds is 5. The Morgan fingerprint density at radius 1 is 1.29 bits per heavy atom. The number of hydrogen-bond acceptors (Lipinski definition) is 3. The Bertz CT molecular complexity index is 663. The van der Waals surface area contributed by atoms with Crippen LogP contribution in [0.25, 0.3) is 6.08 Å². The van der Waals surface area contributed by atoms with Crippen LogP contribution in [-0.2, 0) is 11.3 Å². The van der Waals surface area contributed by atoms with E-state index >= 15 is 0 Å². The molecule has 0 aliphatic heterocycles. The first-order valence-corrected chi connectivity index (χ1v) is 6.77. The Morgan fingerprint density at radius 3 is 2.67 bits per heavy atom. The van der Waals surface area contributed by atoms with E-state index in [0.717, 1.165) is 5.56 Å². The molecule has 2 rings (SSSR count). The molecule has 2 aromatic carbocycles. The maximum Gasteiger partial charge on any atom is 0.187 e. The van der Waals surface area contributed by atoms with Crippen LogP contribution in [0.15, 0.2) is 48.5 Å². The summed E-state index contributed by atoms with van der Waals surface area (Å²) in [5.74, 6) is -0.389. The summed E-state index contributed by atoms with van der Waals surface area (Å²) in [6, 6.07) is 12.6. The number of carbonyl (C=O) groups is 1.